The zero-order valence-electron chi connectivity index (χ0n) is 15.5. The van der Waals surface area contributed by atoms with Crippen molar-refractivity contribution in [1.29, 1.82) is 0 Å². The van der Waals surface area contributed by atoms with Crippen molar-refractivity contribution in [2.24, 2.45) is 0 Å². The van der Waals surface area contributed by atoms with Gasteiger partial charge in [-0.15, -0.1) is 0 Å². The van der Waals surface area contributed by atoms with Gasteiger partial charge in [0.2, 0.25) is 11.8 Å². The van der Waals surface area contributed by atoms with Gasteiger partial charge in [0.15, 0.2) is 5.82 Å². The smallest absolute Gasteiger partial charge is 0.246 e. The van der Waals surface area contributed by atoms with Crippen LogP contribution >= 0.6 is 0 Å². The zero-order valence-corrected chi connectivity index (χ0v) is 15.5. The van der Waals surface area contributed by atoms with E-state index in [4.69, 9.17) is 4.74 Å². The second-order valence-electron chi connectivity index (χ2n) is 5.91. The fourth-order valence-corrected chi connectivity index (χ4v) is 2.57. The number of carbonyl (C=O) groups is 1. The van der Waals surface area contributed by atoms with Gasteiger partial charge in [0.25, 0.3) is 0 Å². The molecule has 1 amide bonds. The van der Waals surface area contributed by atoms with Crippen molar-refractivity contribution in [2.75, 3.05) is 30.9 Å². The number of amides is 1. The molecule has 7 heteroatoms. The molecule has 0 fully saturated rings. The first-order valence-corrected chi connectivity index (χ1v) is 8.48. The zero-order chi connectivity index (χ0) is 19.2. The maximum Gasteiger partial charge on any atom is 0.246 e. The van der Waals surface area contributed by atoms with Gasteiger partial charge < -0.3 is 15.0 Å². The molecule has 1 aromatic carbocycles. The predicted octanol–water partition coefficient (Wildman–Crippen LogP) is 2.93. The standard InChI is InChI=1S/C20H21N5O2/c1-14-18(22-13-17(26)25(2)16-7-5-4-6-8-16)23-19(24-20(14)27-3)15-9-11-21-12-10-15/h4-12H,13H2,1-3H3,(H,22,23,24). The molecule has 7 nitrogen and oxygen atoms in total. The van der Waals surface area contributed by atoms with Crippen LogP contribution in [-0.4, -0.2) is 41.6 Å². The first-order chi connectivity index (χ1) is 13.1. The fraction of sp³-hybridized carbons (Fsp3) is 0.200. The summed E-state index contributed by atoms with van der Waals surface area (Å²) in [5, 5.41) is 3.11. The summed E-state index contributed by atoms with van der Waals surface area (Å²) < 4.78 is 5.37. The van der Waals surface area contributed by atoms with Crippen LogP contribution in [0.25, 0.3) is 11.4 Å². The number of ether oxygens (including phenoxy) is 1. The minimum atomic E-state index is -0.0800. The van der Waals surface area contributed by atoms with Crippen molar-refractivity contribution in [2.45, 2.75) is 6.92 Å². The van der Waals surface area contributed by atoms with Crippen molar-refractivity contribution in [3.63, 3.8) is 0 Å². The average Bonchev–Trinajstić information content (AvgIpc) is 2.73. The van der Waals surface area contributed by atoms with Crippen LogP contribution in [-0.2, 0) is 4.79 Å². The third-order valence-corrected chi connectivity index (χ3v) is 4.16. The summed E-state index contributed by atoms with van der Waals surface area (Å²) in [6, 6.07) is 13.1. The maximum absolute atomic E-state index is 12.5. The van der Waals surface area contributed by atoms with E-state index in [1.54, 1.807) is 31.5 Å². The number of pyridine rings is 1. The van der Waals surface area contributed by atoms with E-state index in [1.807, 2.05) is 49.4 Å². The quantitative estimate of drug-likeness (QED) is 0.725. The molecule has 0 aliphatic rings. The molecule has 0 aliphatic carbocycles. The lowest BCUT2D eigenvalue weighted by molar-refractivity contribution is -0.116. The molecule has 3 rings (SSSR count). The van der Waals surface area contributed by atoms with Crippen LogP contribution in [0.1, 0.15) is 5.56 Å². The Bertz CT molecular complexity index is 916. The highest BCUT2D eigenvalue weighted by Crippen LogP contribution is 2.26. The number of aromatic nitrogens is 3. The second-order valence-corrected chi connectivity index (χ2v) is 5.91. The second kappa shape index (κ2) is 8.27. The highest BCUT2D eigenvalue weighted by Gasteiger charge is 2.15. The maximum atomic E-state index is 12.5. The van der Waals surface area contributed by atoms with Crippen molar-refractivity contribution in [3.8, 4) is 17.3 Å². The number of hydrogen-bond donors (Lipinski definition) is 1. The van der Waals surface area contributed by atoms with E-state index >= 15 is 0 Å². The van der Waals surface area contributed by atoms with Gasteiger partial charge >= 0.3 is 0 Å². The number of nitrogens with one attached hydrogen (secondary N) is 1. The predicted molar refractivity (Wildman–Crippen MR) is 105 cm³/mol. The Morgan fingerprint density at radius 1 is 1.11 bits per heavy atom. The summed E-state index contributed by atoms with van der Waals surface area (Å²) >= 11 is 0. The molecule has 0 bridgehead atoms. The van der Waals surface area contributed by atoms with Gasteiger partial charge in [-0.3, -0.25) is 9.78 Å². The summed E-state index contributed by atoms with van der Waals surface area (Å²) in [7, 11) is 3.30. The third-order valence-electron chi connectivity index (χ3n) is 4.16. The van der Waals surface area contributed by atoms with Crippen LogP contribution in [0.4, 0.5) is 11.5 Å². The number of methoxy groups -OCH3 is 1. The molecule has 1 N–H and O–H groups in total. The van der Waals surface area contributed by atoms with Crippen molar-refractivity contribution in [1.82, 2.24) is 15.0 Å². The van der Waals surface area contributed by atoms with Gasteiger partial charge in [0.1, 0.15) is 5.82 Å². The molecule has 0 atom stereocenters. The molecule has 0 aliphatic heterocycles. The summed E-state index contributed by atoms with van der Waals surface area (Å²) in [6.07, 6.45) is 3.35. The van der Waals surface area contributed by atoms with Gasteiger partial charge in [-0.2, -0.15) is 4.98 Å². The normalized spacial score (nSPS) is 10.3. The van der Waals surface area contributed by atoms with E-state index in [2.05, 4.69) is 20.3 Å². The molecule has 0 radical (unpaired) electrons. The van der Waals surface area contributed by atoms with E-state index < -0.39 is 0 Å². The molecule has 0 saturated heterocycles. The monoisotopic (exact) mass is 363 g/mol. The summed E-state index contributed by atoms with van der Waals surface area (Å²) in [4.78, 5) is 27.1. The Labute approximate surface area is 158 Å². The molecule has 2 aromatic heterocycles. The molecular weight excluding hydrogens is 342 g/mol. The van der Waals surface area contributed by atoms with Crippen LogP contribution < -0.4 is 15.0 Å². The minimum Gasteiger partial charge on any atom is -0.481 e. The lowest BCUT2D eigenvalue weighted by atomic mass is 10.2. The number of benzene rings is 1. The topological polar surface area (TPSA) is 80.2 Å². The van der Waals surface area contributed by atoms with Gasteiger partial charge in [0.05, 0.1) is 19.2 Å². The van der Waals surface area contributed by atoms with Crippen molar-refractivity contribution < 1.29 is 9.53 Å². The Kier molecular flexibility index (Phi) is 5.61. The number of anilines is 2. The molecule has 0 unspecified atom stereocenters. The van der Waals surface area contributed by atoms with Gasteiger partial charge in [-0.25, -0.2) is 4.98 Å². The number of nitrogens with zero attached hydrogens (tertiary/aromatic N) is 4. The largest absolute Gasteiger partial charge is 0.481 e. The van der Waals surface area contributed by atoms with E-state index in [-0.39, 0.29) is 12.5 Å². The van der Waals surface area contributed by atoms with E-state index in [0.717, 1.165) is 16.8 Å². The fourth-order valence-electron chi connectivity index (χ4n) is 2.57. The first-order valence-electron chi connectivity index (χ1n) is 8.48. The third kappa shape index (κ3) is 4.20. The minimum absolute atomic E-state index is 0.0800. The highest BCUT2D eigenvalue weighted by atomic mass is 16.5. The number of likely N-dealkylation sites (N-methyl/N-ethyl adjacent to an activating group) is 1. The Hall–Kier alpha value is -3.48. The lowest BCUT2D eigenvalue weighted by Gasteiger charge is -2.18. The van der Waals surface area contributed by atoms with Crippen LogP contribution in [0.15, 0.2) is 54.9 Å². The number of rotatable bonds is 6. The molecule has 0 spiro atoms. The van der Waals surface area contributed by atoms with Crippen molar-refractivity contribution >= 4 is 17.4 Å². The van der Waals surface area contributed by atoms with Gasteiger partial charge in [-0.1, -0.05) is 18.2 Å². The molecular formula is C20H21N5O2. The SMILES string of the molecule is COc1nc(-c2ccncc2)nc(NCC(=O)N(C)c2ccccc2)c1C. The summed E-state index contributed by atoms with van der Waals surface area (Å²) in [5.74, 6) is 1.45. The van der Waals surface area contributed by atoms with Crippen LogP contribution in [0, 0.1) is 6.92 Å². The lowest BCUT2D eigenvalue weighted by Crippen LogP contribution is -2.32. The Balaban J connectivity index is 1.81. The Morgan fingerprint density at radius 3 is 2.48 bits per heavy atom. The number of hydrogen-bond acceptors (Lipinski definition) is 6. The summed E-state index contributed by atoms with van der Waals surface area (Å²) in [6.45, 7) is 1.95. The van der Waals surface area contributed by atoms with Crippen molar-refractivity contribution in [3.05, 3.63) is 60.4 Å². The number of para-hydroxylation sites is 1. The van der Waals surface area contributed by atoms with Crippen LogP contribution in [0.5, 0.6) is 5.88 Å². The highest BCUT2D eigenvalue weighted by molar-refractivity contribution is 5.95. The van der Waals surface area contributed by atoms with Crippen LogP contribution in [0.3, 0.4) is 0 Å². The van der Waals surface area contributed by atoms with Gasteiger partial charge in [-0.05, 0) is 31.2 Å². The number of carbonyl (C=O) groups excluding carboxylic acids is 1. The van der Waals surface area contributed by atoms with Gasteiger partial charge in [0, 0.05) is 30.7 Å². The molecule has 2 heterocycles. The molecule has 138 valence electrons. The van der Waals surface area contributed by atoms with Crippen LogP contribution in [0.2, 0.25) is 0 Å². The van der Waals surface area contributed by atoms with E-state index in [0.29, 0.717) is 17.5 Å². The molecule has 27 heavy (non-hydrogen) atoms. The summed E-state index contributed by atoms with van der Waals surface area (Å²) in [5.41, 5.74) is 2.39. The van der Waals surface area contributed by atoms with E-state index in [9.17, 15) is 4.79 Å². The Morgan fingerprint density at radius 2 is 1.81 bits per heavy atom. The van der Waals surface area contributed by atoms with E-state index in [1.165, 1.54) is 0 Å². The first kappa shape index (κ1) is 18.3. The molecule has 3 aromatic rings. The molecule has 0 saturated carbocycles. The average molecular weight is 363 g/mol.